The highest BCUT2D eigenvalue weighted by molar-refractivity contribution is 6.11. The van der Waals surface area contributed by atoms with E-state index in [1.165, 1.54) is 7.11 Å². The molecule has 0 spiro atoms. The molecule has 0 unspecified atom stereocenters. The Labute approximate surface area is 174 Å². The van der Waals surface area contributed by atoms with Crippen molar-refractivity contribution in [1.29, 1.82) is 0 Å². The van der Waals surface area contributed by atoms with Crippen LogP contribution in [0.5, 0.6) is 23.0 Å². The molecule has 0 saturated heterocycles. The van der Waals surface area contributed by atoms with Crippen LogP contribution in [0, 0.1) is 0 Å². The van der Waals surface area contributed by atoms with Crippen molar-refractivity contribution in [3.63, 3.8) is 0 Å². The zero-order chi connectivity index (χ0) is 21.0. The summed E-state index contributed by atoms with van der Waals surface area (Å²) in [6.45, 7) is 2.80. The van der Waals surface area contributed by atoms with Crippen LogP contribution in [0.2, 0.25) is 0 Å². The summed E-state index contributed by atoms with van der Waals surface area (Å²) < 4.78 is 21.9. The van der Waals surface area contributed by atoms with Crippen molar-refractivity contribution in [2.45, 2.75) is 31.7 Å². The number of carbonyl (C=O) groups excluding carboxylic acids is 2. The maximum atomic E-state index is 13.6. The van der Waals surface area contributed by atoms with Crippen molar-refractivity contribution in [3.8, 4) is 23.0 Å². The molecule has 0 bridgehead atoms. The summed E-state index contributed by atoms with van der Waals surface area (Å²) in [5, 5.41) is 0. The molecule has 0 saturated carbocycles. The van der Waals surface area contributed by atoms with Crippen LogP contribution in [0.1, 0.15) is 63.6 Å². The lowest BCUT2D eigenvalue weighted by atomic mass is 9.82. The Morgan fingerprint density at radius 1 is 0.967 bits per heavy atom. The molecule has 7 nitrogen and oxygen atoms in total. The Bertz CT molecular complexity index is 1060. The highest BCUT2D eigenvalue weighted by Gasteiger charge is 2.51. The molecule has 0 radical (unpaired) electrons. The van der Waals surface area contributed by atoms with Crippen molar-refractivity contribution < 1.29 is 28.5 Å². The molecule has 2 heterocycles. The molecule has 0 fully saturated rings. The predicted octanol–water partition coefficient (Wildman–Crippen LogP) is 3.71. The first-order chi connectivity index (χ1) is 14.6. The second kappa shape index (κ2) is 6.93. The Kier molecular flexibility index (Phi) is 4.34. The summed E-state index contributed by atoms with van der Waals surface area (Å²) in [5.74, 6) is 1.55. The first-order valence-corrected chi connectivity index (χ1v) is 10.1. The van der Waals surface area contributed by atoms with Crippen molar-refractivity contribution in [2.75, 3.05) is 27.6 Å². The van der Waals surface area contributed by atoms with E-state index in [1.807, 2.05) is 11.0 Å². The molecule has 2 aliphatic heterocycles. The molecule has 5 rings (SSSR count). The van der Waals surface area contributed by atoms with E-state index in [1.54, 1.807) is 25.3 Å². The van der Waals surface area contributed by atoms with Gasteiger partial charge in [0.1, 0.15) is 0 Å². The van der Waals surface area contributed by atoms with Crippen molar-refractivity contribution in [1.82, 2.24) is 4.90 Å². The summed E-state index contributed by atoms with van der Waals surface area (Å²) in [4.78, 5) is 28.9. The van der Waals surface area contributed by atoms with Crippen LogP contribution in [-0.2, 0) is 0 Å². The lowest BCUT2D eigenvalue weighted by molar-refractivity contribution is 0.0603. The number of ether oxygens (including phenoxy) is 4. The number of amides is 1. The average molecular weight is 409 g/mol. The second-order valence-electron chi connectivity index (χ2n) is 7.73. The van der Waals surface area contributed by atoms with Gasteiger partial charge in [-0.3, -0.25) is 9.59 Å². The second-order valence-corrected chi connectivity index (χ2v) is 7.73. The van der Waals surface area contributed by atoms with Gasteiger partial charge in [-0.2, -0.15) is 0 Å². The first-order valence-electron chi connectivity index (χ1n) is 10.1. The van der Waals surface area contributed by atoms with Gasteiger partial charge in [-0.25, -0.2) is 0 Å². The van der Waals surface area contributed by atoms with Crippen molar-refractivity contribution >= 4 is 11.7 Å². The number of rotatable bonds is 5. The number of nitrogens with zero attached hydrogens (tertiary/aromatic N) is 1. The van der Waals surface area contributed by atoms with Crippen LogP contribution >= 0.6 is 0 Å². The minimum absolute atomic E-state index is 0.0178. The van der Waals surface area contributed by atoms with E-state index in [0.717, 1.165) is 18.4 Å². The van der Waals surface area contributed by atoms with E-state index in [4.69, 9.17) is 18.9 Å². The minimum atomic E-state index is -0.494. The summed E-state index contributed by atoms with van der Waals surface area (Å²) in [5.41, 5.74) is 2.58. The van der Waals surface area contributed by atoms with Crippen LogP contribution in [0.3, 0.4) is 0 Å². The van der Waals surface area contributed by atoms with Gasteiger partial charge in [0, 0.05) is 17.7 Å². The molecule has 2 aromatic carbocycles. The lowest BCUT2D eigenvalue weighted by Gasteiger charge is -2.39. The van der Waals surface area contributed by atoms with Crippen molar-refractivity contribution in [3.05, 3.63) is 46.5 Å². The number of Topliss-reactive ketones (excluding diaryl/α,β-unsaturated/α-hetero) is 1. The van der Waals surface area contributed by atoms with Crippen LogP contribution in [0.25, 0.3) is 0 Å². The number of carbonyl (C=O) groups is 2. The molecule has 0 aromatic heterocycles. The summed E-state index contributed by atoms with van der Waals surface area (Å²) >= 11 is 0. The summed E-state index contributed by atoms with van der Waals surface area (Å²) in [6, 6.07) is 6.70. The van der Waals surface area contributed by atoms with Gasteiger partial charge in [0.05, 0.1) is 26.2 Å². The SMILES string of the molecule is CCCCN1C(=O)c2cc(OC)c(OC)cc2[C@H]2C(=O)c3cc4c(cc3[C@H]21)OCO4. The molecular weight excluding hydrogens is 386 g/mol. The fraction of sp³-hybridized carbons (Fsp3) is 0.391. The van der Waals surface area contributed by atoms with Gasteiger partial charge in [-0.05, 0) is 41.8 Å². The zero-order valence-electron chi connectivity index (χ0n) is 17.2. The molecule has 30 heavy (non-hydrogen) atoms. The van der Waals surface area contributed by atoms with Gasteiger partial charge in [-0.15, -0.1) is 0 Å². The maximum Gasteiger partial charge on any atom is 0.254 e. The van der Waals surface area contributed by atoms with E-state index in [2.05, 4.69) is 6.92 Å². The van der Waals surface area contributed by atoms with E-state index in [9.17, 15) is 9.59 Å². The monoisotopic (exact) mass is 409 g/mol. The standard InChI is InChI=1S/C23H23NO6/c1-4-5-6-24-21-13-8-18-19(30-11-29-18)9-14(13)22(25)20(21)12-7-16(27-2)17(28-3)10-15(12)23(24)26/h7-10,20-21H,4-6,11H2,1-3H3/t20-,21-/m1/s1. The van der Waals surface area contributed by atoms with Gasteiger partial charge in [0.2, 0.25) is 6.79 Å². The third kappa shape index (κ3) is 2.51. The Morgan fingerprint density at radius 2 is 1.67 bits per heavy atom. The third-order valence-corrected chi connectivity index (χ3v) is 6.20. The zero-order valence-corrected chi connectivity index (χ0v) is 17.2. The van der Waals surface area contributed by atoms with Crippen LogP contribution in [-0.4, -0.2) is 44.1 Å². The number of fused-ring (bicyclic) bond motifs is 6. The van der Waals surface area contributed by atoms with E-state index in [-0.39, 0.29) is 24.5 Å². The normalized spacial score (nSPS) is 20.7. The fourth-order valence-corrected chi connectivity index (χ4v) is 4.75. The van der Waals surface area contributed by atoms with E-state index in [0.29, 0.717) is 46.2 Å². The largest absolute Gasteiger partial charge is 0.493 e. The van der Waals surface area contributed by atoms with Crippen LogP contribution in [0.15, 0.2) is 24.3 Å². The van der Waals surface area contributed by atoms with E-state index >= 15 is 0 Å². The molecule has 2 aromatic rings. The van der Waals surface area contributed by atoms with Crippen LogP contribution in [0.4, 0.5) is 0 Å². The number of methoxy groups -OCH3 is 2. The fourth-order valence-electron chi connectivity index (χ4n) is 4.75. The quantitative estimate of drug-likeness (QED) is 0.750. The summed E-state index contributed by atoms with van der Waals surface area (Å²) in [7, 11) is 3.08. The molecule has 1 amide bonds. The molecule has 2 atom stereocenters. The van der Waals surface area contributed by atoms with Crippen LogP contribution < -0.4 is 18.9 Å². The Balaban J connectivity index is 1.72. The molecule has 1 aliphatic carbocycles. The number of ketones is 1. The number of hydrogen-bond donors (Lipinski definition) is 0. The average Bonchev–Trinajstić information content (AvgIpc) is 3.33. The highest BCUT2D eigenvalue weighted by atomic mass is 16.7. The highest BCUT2D eigenvalue weighted by Crippen LogP contribution is 2.54. The first kappa shape index (κ1) is 18.8. The molecule has 0 N–H and O–H groups in total. The van der Waals surface area contributed by atoms with Gasteiger partial charge >= 0.3 is 0 Å². The number of unbranched alkanes of at least 4 members (excludes halogenated alkanes) is 1. The third-order valence-electron chi connectivity index (χ3n) is 6.20. The minimum Gasteiger partial charge on any atom is -0.493 e. The van der Waals surface area contributed by atoms with Gasteiger partial charge in [0.25, 0.3) is 5.91 Å². The van der Waals surface area contributed by atoms with Gasteiger partial charge in [0.15, 0.2) is 28.8 Å². The van der Waals surface area contributed by atoms with Crippen molar-refractivity contribution in [2.24, 2.45) is 0 Å². The Hall–Kier alpha value is -3.22. The molecule has 7 heteroatoms. The maximum absolute atomic E-state index is 13.6. The van der Waals surface area contributed by atoms with Gasteiger partial charge in [-0.1, -0.05) is 13.3 Å². The number of hydrogen-bond acceptors (Lipinski definition) is 6. The number of benzene rings is 2. The smallest absolute Gasteiger partial charge is 0.254 e. The van der Waals surface area contributed by atoms with E-state index < -0.39 is 5.92 Å². The lowest BCUT2D eigenvalue weighted by Crippen LogP contribution is -2.42. The summed E-state index contributed by atoms with van der Waals surface area (Å²) in [6.07, 6.45) is 1.80. The molecular formula is C23H23NO6. The molecule has 156 valence electrons. The van der Waals surface area contributed by atoms with Gasteiger partial charge < -0.3 is 23.8 Å². The Morgan fingerprint density at radius 3 is 2.37 bits per heavy atom. The topological polar surface area (TPSA) is 74.3 Å². The predicted molar refractivity (Wildman–Crippen MR) is 108 cm³/mol. The molecule has 3 aliphatic rings.